The second-order valence-corrected chi connectivity index (χ2v) is 6.34. The molecular weight excluding hydrogens is 344 g/mol. The number of unbranched alkanes of at least 4 members (excludes halogenated alkanes) is 3. The molecule has 1 aromatic heterocycles. The van der Waals surface area contributed by atoms with Crippen LogP contribution in [-0.2, 0) is 9.59 Å². The zero-order valence-electron chi connectivity index (χ0n) is 14.7. The highest BCUT2D eigenvalue weighted by Crippen LogP contribution is 2.25. The van der Waals surface area contributed by atoms with Crippen molar-refractivity contribution in [2.24, 2.45) is 0 Å². The number of hydrogen-bond acceptors (Lipinski definition) is 7. The van der Waals surface area contributed by atoms with Crippen molar-refractivity contribution in [1.29, 1.82) is 0 Å². The number of hydrogen-bond donors (Lipinski definition) is 3. The normalized spacial score (nSPS) is 14.2. The Hall–Kier alpha value is -2.00. The Kier molecular flexibility index (Phi) is 9.71. The molecule has 1 aromatic rings. The monoisotopic (exact) mass is 370 g/mol. The topological polar surface area (TPSA) is 116 Å². The van der Waals surface area contributed by atoms with Gasteiger partial charge < -0.3 is 20.4 Å². The van der Waals surface area contributed by atoms with Gasteiger partial charge in [-0.15, -0.1) is 0 Å². The summed E-state index contributed by atoms with van der Waals surface area (Å²) in [5.41, 5.74) is 2.38. The van der Waals surface area contributed by atoms with Crippen molar-refractivity contribution in [3.05, 3.63) is 11.8 Å². The summed E-state index contributed by atoms with van der Waals surface area (Å²) in [7, 11) is 2.16. The van der Waals surface area contributed by atoms with E-state index in [2.05, 4.69) is 39.0 Å². The van der Waals surface area contributed by atoms with Crippen LogP contribution in [0.25, 0.3) is 5.57 Å². The lowest BCUT2D eigenvalue weighted by atomic mass is 10.1. The van der Waals surface area contributed by atoms with Gasteiger partial charge in [-0.25, -0.2) is 9.59 Å². The molecule has 0 unspecified atom stereocenters. The van der Waals surface area contributed by atoms with Crippen molar-refractivity contribution >= 4 is 35.1 Å². The molecule has 0 radical (unpaired) electrons. The van der Waals surface area contributed by atoms with Crippen LogP contribution in [-0.4, -0.2) is 62.5 Å². The molecule has 140 valence electrons. The lowest BCUT2D eigenvalue weighted by Crippen LogP contribution is -2.25. The van der Waals surface area contributed by atoms with E-state index in [0.717, 1.165) is 37.6 Å². The van der Waals surface area contributed by atoms with E-state index in [0.29, 0.717) is 0 Å². The number of likely N-dealkylation sites (N-methyl/N-ethyl adjacent to an activating group) is 1. The van der Waals surface area contributed by atoms with Gasteiger partial charge in [0.25, 0.3) is 0 Å². The summed E-state index contributed by atoms with van der Waals surface area (Å²) >= 11 is 1.31. The highest BCUT2D eigenvalue weighted by molar-refractivity contribution is 6.99. The zero-order valence-corrected chi connectivity index (χ0v) is 15.5. The van der Waals surface area contributed by atoms with Crippen LogP contribution >= 0.6 is 11.7 Å². The minimum absolute atomic E-state index is 0.975. The van der Waals surface area contributed by atoms with E-state index in [1.165, 1.54) is 43.0 Å². The molecule has 0 saturated heterocycles. The second-order valence-electron chi connectivity index (χ2n) is 5.82. The summed E-state index contributed by atoms with van der Waals surface area (Å²) in [5, 5.41) is 18.2. The van der Waals surface area contributed by atoms with Gasteiger partial charge in [0.15, 0.2) is 5.82 Å². The molecule has 0 fully saturated rings. The van der Waals surface area contributed by atoms with Crippen molar-refractivity contribution in [1.82, 2.24) is 13.6 Å². The van der Waals surface area contributed by atoms with Crippen LogP contribution in [0.3, 0.4) is 0 Å². The predicted molar refractivity (Wildman–Crippen MR) is 97.9 cm³/mol. The first-order chi connectivity index (χ1) is 12.0. The Labute approximate surface area is 151 Å². The summed E-state index contributed by atoms with van der Waals surface area (Å²) in [4.78, 5) is 20.5. The summed E-state index contributed by atoms with van der Waals surface area (Å²) in [6.45, 7) is 5.36. The van der Waals surface area contributed by atoms with Crippen molar-refractivity contribution < 1.29 is 19.8 Å². The Morgan fingerprint density at radius 3 is 2.56 bits per heavy atom. The fraction of sp³-hybridized carbons (Fsp3) is 0.625. The number of carboxylic acids is 2. The zero-order chi connectivity index (χ0) is 18.7. The van der Waals surface area contributed by atoms with Gasteiger partial charge in [-0.05, 0) is 25.5 Å². The highest BCUT2D eigenvalue weighted by Gasteiger charge is 2.16. The SMILES string of the molecule is CCCCCCNc1nsnc1C1=CCCN(C)C1.O=C(O)C(=O)O. The lowest BCUT2D eigenvalue weighted by Gasteiger charge is -2.22. The van der Waals surface area contributed by atoms with E-state index in [4.69, 9.17) is 19.8 Å². The molecule has 3 N–H and O–H groups in total. The van der Waals surface area contributed by atoms with Gasteiger partial charge in [0, 0.05) is 19.6 Å². The number of nitrogens with zero attached hydrogens (tertiary/aromatic N) is 3. The molecule has 9 heteroatoms. The van der Waals surface area contributed by atoms with Crippen LogP contribution in [0, 0.1) is 0 Å². The van der Waals surface area contributed by atoms with Crippen LogP contribution in [0.2, 0.25) is 0 Å². The number of anilines is 1. The number of carbonyl (C=O) groups is 2. The molecule has 0 amide bonds. The molecule has 1 aliphatic rings. The Morgan fingerprint density at radius 1 is 1.24 bits per heavy atom. The molecule has 2 rings (SSSR count). The van der Waals surface area contributed by atoms with Crippen molar-refractivity contribution in [2.45, 2.75) is 39.0 Å². The largest absolute Gasteiger partial charge is 0.473 e. The van der Waals surface area contributed by atoms with E-state index >= 15 is 0 Å². The maximum Gasteiger partial charge on any atom is 0.414 e. The molecule has 8 nitrogen and oxygen atoms in total. The molecule has 2 heterocycles. The van der Waals surface area contributed by atoms with Gasteiger partial charge in [0.2, 0.25) is 0 Å². The smallest absolute Gasteiger partial charge is 0.414 e. The first kappa shape index (κ1) is 21.0. The van der Waals surface area contributed by atoms with E-state index in [-0.39, 0.29) is 0 Å². The highest BCUT2D eigenvalue weighted by atomic mass is 32.1. The van der Waals surface area contributed by atoms with Crippen molar-refractivity contribution in [3.8, 4) is 0 Å². The van der Waals surface area contributed by atoms with Crippen LogP contribution in [0.5, 0.6) is 0 Å². The average molecular weight is 370 g/mol. The standard InChI is InChI=1S/C14H24N4S.C2H2O4/c1-3-4-5-6-9-15-14-13(16-19-17-14)12-8-7-10-18(2)11-12;3-1(4)2(5)6/h8H,3-7,9-11H2,1-2H3,(H,15,17);(H,3,4)(H,5,6). The summed E-state index contributed by atoms with van der Waals surface area (Å²) in [6, 6.07) is 0. The molecule has 1 aliphatic heterocycles. The van der Waals surface area contributed by atoms with Crippen LogP contribution in [0.4, 0.5) is 5.82 Å². The fourth-order valence-corrected chi connectivity index (χ4v) is 2.90. The average Bonchev–Trinajstić information content (AvgIpc) is 3.03. The first-order valence-electron chi connectivity index (χ1n) is 8.36. The van der Waals surface area contributed by atoms with Gasteiger partial charge in [-0.2, -0.15) is 8.75 Å². The molecule has 0 bridgehead atoms. The summed E-state index contributed by atoms with van der Waals surface area (Å²) in [6.07, 6.45) is 8.52. The van der Waals surface area contributed by atoms with Crippen molar-refractivity contribution in [3.63, 3.8) is 0 Å². The second kappa shape index (κ2) is 11.5. The van der Waals surface area contributed by atoms with E-state index in [1.54, 1.807) is 0 Å². The maximum atomic E-state index is 9.10. The Balaban J connectivity index is 0.000000450. The molecule has 0 spiro atoms. The van der Waals surface area contributed by atoms with Gasteiger partial charge in [0.05, 0.1) is 11.7 Å². The number of nitrogens with one attached hydrogen (secondary N) is 1. The number of aliphatic carboxylic acids is 2. The maximum absolute atomic E-state index is 9.10. The summed E-state index contributed by atoms with van der Waals surface area (Å²) in [5.74, 6) is -2.67. The van der Waals surface area contributed by atoms with Crippen LogP contribution in [0.1, 0.15) is 44.7 Å². The predicted octanol–water partition coefficient (Wildman–Crippen LogP) is 2.40. The summed E-state index contributed by atoms with van der Waals surface area (Å²) < 4.78 is 8.86. The fourth-order valence-electron chi connectivity index (χ4n) is 2.34. The molecule has 25 heavy (non-hydrogen) atoms. The third-order valence-electron chi connectivity index (χ3n) is 3.64. The van der Waals surface area contributed by atoms with E-state index in [9.17, 15) is 0 Å². The van der Waals surface area contributed by atoms with Gasteiger partial charge in [-0.3, -0.25) is 0 Å². The minimum Gasteiger partial charge on any atom is -0.473 e. The number of aromatic nitrogens is 2. The quantitative estimate of drug-likeness (QED) is 0.495. The van der Waals surface area contributed by atoms with Crippen molar-refractivity contribution in [2.75, 3.05) is 32.0 Å². The van der Waals surface area contributed by atoms with Crippen LogP contribution in [0.15, 0.2) is 6.08 Å². The number of carboxylic acid groups (broad SMARTS) is 2. The first-order valence-corrected chi connectivity index (χ1v) is 9.09. The molecule has 0 aliphatic carbocycles. The Bertz CT molecular complexity index is 576. The minimum atomic E-state index is -1.82. The number of rotatable bonds is 7. The Morgan fingerprint density at radius 2 is 1.96 bits per heavy atom. The molecule has 0 aromatic carbocycles. The van der Waals surface area contributed by atoms with Gasteiger partial charge in [0.1, 0.15) is 5.69 Å². The third-order valence-corrected chi connectivity index (χ3v) is 4.17. The lowest BCUT2D eigenvalue weighted by molar-refractivity contribution is -0.159. The van der Waals surface area contributed by atoms with E-state index < -0.39 is 11.9 Å². The van der Waals surface area contributed by atoms with Gasteiger partial charge in [-0.1, -0.05) is 32.3 Å². The molecular formula is C16H26N4O4S. The molecule has 0 saturated carbocycles. The molecule has 0 atom stereocenters. The third kappa shape index (κ3) is 8.08. The van der Waals surface area contributed by atoms with Gasteiger partial charge >= 0.3 is 11.9 Å². The van der Waals surface area contributed by atoms with E-state index in [1.807, 2.05) is 0 Å². The van der Waals surface area contributed by atoms with Crippen LogP contribution < -0.4 is 5.32 Å².